The lowest BCUT2D eigenvalue weighted by atomic mass is 10.1. The molecule has 0 aromatic heterocycles. The van der Waals surface area contributed by atoms with E-state index in [2.05, 4.69) is 4.99 Å². The van der Waals surface area contributed by atoms with Crippen LogP contribution in [0.25, 0.3) is 6.08 Å². The van der Waals surface area contributed by atoms with E-state index in [1.54, 1.807) is 43.3 Å². The third kappa shape index (κ3) is 5.04. The zero-order chi connectivity index (χ0) is 25.8. The Bertz CT molecular complexity index is 1430. The topological polar surface area (TPSA) is 143 Å². The minimum atomic E-state index is -0.687. The van der Waals surface area contributed by atoms with E-state index in [0.717, 1.165) is 5.56 Å². The number of benzene rings is 3. The number of non-ortho nitro benzene ring substituents is 1. The van der Waals surface area contributed by atoms with Gasteiger partial charge in [-0.1, -0.05) is 12.1 Å². The first-order valence-electron chi connectivity index (χ1n) is 10.6. The second-order valence-electron chi connectivity index (χ2n) is 7.67. The monoisotopic (exact) mass is 489 g/mol. The van der Waals surface area contributed by atoms with Gasteiger partial charge in [0.2, 0.25) is 5.90 Å². The van der Waals surface area contributed by atoms with Crippen molar-refractivity contribution in [3.63, 3.8) is 0 Å². The Balaban J connectivity index is 1.54. The van der Waals surface area contributed by atoms with E-state index >= 15 is 0 Å². The highest BCUT2D eigenvalue weighted by molar-refractivity contribution is 6.13. The van der Waals surface area contributed by atoms with Crippen LogP contribution in [0.5, 0.6) is 11.5 Å². The number of aliphatic imine (C=N–C) groups is 1. The molecule has 182 valence electrons. The van der Waals surface area contributed by atoms with E-state index in [1.165, 1.54) is 37.5 Å². The summed E-state index contributed by atoms with van der Waals surface area (Å²) in [6.07, 6.45) is 1.50. The summed E-state index contributed by atoms with van der Waals surface area (Å²) in [5.74, 6) is 0.135. The summed E-state index contributed by atoms with van der Waals surface area (Å²) < 4.78 is 16.4. The van der Waals surface area contributed by atoms with E-state index in [4.69, 9.17) is 14.2 Å². The Morgan fingerprint density at radius 3 is 2.42 bits per heavy atom. The quantitative estimate of drug-likeness (QED) is 0.191. The lowest BCUT2D eigenvalue weighted by molar-refractivity contribution is -0.385. The average Bonchev–Trinajstić information content (AvgIpc) is 3.22. The number of cyclic esters (lactones) is 1. The van der Waals surface area contributed by atoms with Crippen LogP contribution in [0.2, 0.25) is 0 Å². The second-order valence-corrected chi connectivity index (χ2v) is 7.67. The molecule has 3 aromatic carbocycles. The maximum absolute atomic E-state index is 12.4. The fourth-order valence-corrected chi connectivity index (χ4v) is 3.50. The Morgan fingerprint density at radius 1 is 1.00 bits per heavy atom. The molecule has 1 heterocycles. The van der Waals surface area contributed by atoms with Crippen LogP contribution in [0.1, 0.15) is 22.3 Å². The van der Waals surface area contributed by atoms with Crippen molar-refractivity contribution in [3.05, 3.63) is 109 Å². The first-order chi connectivity index (χ1) is 17.3. The zero-order valence-electron chi connectivity index (χ0n) is 19.2. The molecule has 3 aromatic rings. The highest BCUT2D eigenvalue weighted by atomic mass is 16.6. The molecular formula is C25H19N3O8. The fourth-order valence-electron chi connectivity index (χ4n) is 3.50. The van der Waals surface area contributed by atoms with Crippen LogP contribution in [-0.2, 0) is 16.1 Å². The van der Waals surface area contributed by atoms with Crippen molar-refractivity contribution in [3.8, 4) is 11.5 Å². The minimum Gasteiger partial charge on any atom is -0.493 e. The molecule has 36 heavy (non-hydrogen) atoms. The smallest absolute Gasteiger partial charge is 0.363 e. The zero-order valence-corrected chi connectivity index (χ0v) is 19.2. The molecule has 0 unspecified atom stereocenters. The Hall–Kier alpha value is -5.06. The predicted molar refractivity (Wildman–Crippen MR) is 129 cm³/mol. The van der Waals surface area contributed by atoms with Crippen LogP contribution in [-0.4, -0.2) is 28.8 Å². The molecule has 0 N–H and O–H groups in total. The van der Waals surface area contributed by atoms with Gasteiger partial charge in [-0.3, -0.25) is 20.2 Å². The Labute approximate surface area is 204 Å². The van der Waals surface area contributed by atoms with Crippen molar-refractivity contribution < 1.29 is 28.9 Å². The van der Waals surface area contributed by atoms with Gasteiger partial charge in [0.25, 0.3) is 11.4 Å². The molecule has 0 fully saturated rings. The van der Waals surface area contributed by atoms with Crippen LogP contribution in [0.4, 0.5) is 11.4 Å². The number of methoxy groups -OCH3 is 1. The minimum absolute atomic E-state index is 0.00868. The summed E-state index contributed by atoms with van der Waals surface area (Å²) in [4.78, 5) is 37.6. The number of hydrogen-bond acceptors (Lipinski definition) is 9. The molecule has 0 saturated carbocycles. The summed E-state index contributed by atoms with van der Waals surface area (Å²) in [5.41, 5.74) is 1.93. The van der Waals surface area contributed by atoms with Crippen molar-refractivity contribution in [2.24, 2.45) is 4.99 Å². The van der Waals surface area contributed by atoms with Gasteiger partial charge in [-0.15, -0.1) is 0 Å². The molecule has 0 spiro atoms. The number of esters is 1. The van der Waals surface area contributed by atoms with Crippen molar-refractivity contribution in [1.82, 2.24) is 0 Å². The molecule has 0 radical (unpaired) electrons. The maximum Gasteiger partial charge on any atom is 0.363 e. The van der Waals surface area contributed by atoms with Gasteiger partial charge < -0.3 is 14.2 Å². The van der Waals surface area contributed by atoms with E-state index in [1.807, 2.05) is 0 Å². The van der Waals surface area contributed by atoms with Crippen LogP contribution in [0.15, 0.2) is 71.4 Å². The first kappa shape index (κ1) is 24.1. The van der Waals surface area contributed by atoms with Gasteiger partial charge in [0, 0.05) is 29.3 Å². The molecule has 0 aliphatic carbocycles. The molecule has 0 amide bonds. The third-order valence-corrected chi connectivity index (χ3v) is 5.39. The summed E-state index contributed by atoms with van der Waals surface area (Å²) in [6.45, 7) is 1.73. The first-order valence-corrected chi connectivity index (χ1v) is 10.6. The molecule has 1 aliphatic heterocycles. The maximum atomic E-state index is 12.4. The summed E-state index contributed by atoms with van der Waals surface area (Å²) in [5, 5.41) is 22.0. The largest absolute Gasteiger partial charge is 0.493 e. The molecule has 0 saturated heterocycles. The summed E-state index contributed by atoms with van der Waals surface area (Å²) in [6, 6.07) is 15.5. The van der Waals surface area contributed by atoms with Gasteiger partial charge in [0.15, 0.2) is 17.2 Å². The summed E-state index contributed by atoms with van der Waals surface area (Å²) >= 11 is 0. The number of ether oxygens (including phenoxy) is 3. The van der Waals surface area contributed by atoms with E-state index in [0.29, 0.717) is 28.2 Å². The number of carbonyl (C=O) groups excluding carboxylic acids is 1. The molecule has 1 aliphatic rings. The van der Waals surface area contributed by atoms with E-state index < -0.39 is 15.8 Å². The normalized spacial score (nSPS) is 13.8. The number of nitro groups is 2. The van der Waals surface area contributed by atoms with Crippen LogP contribution in [0, 0.1) is 27.2 Å². The SMILES string of the molecule is COc1cc(/C=C2\N=C(c3cccc([N+](=O)[O-])c3C)OC2=O)ccc1OCc1ccc([N+](=O)[O-])cc1. The lowest BCUT2D eigenvalue weighted by Gasteiger charge is -2.11. The molecule has 4 rings (SSSR count). The highest BCUT2D eigenvalue weighted by Gasteiger charge is 2.27. The molecular weight excluding hydrogens is 470 g/mol. The molecule has 11 heteroatoms. The van der Waals surface area contributed by atoms with E-state index in [9.17, 15) is 25.0 Å². The van der Waals surface area contributed by atoms with Crippen molar-refractivity contribution in [1.29, 1.82) is 0 Å². The van der Waals surface area contributed by atoms with Crippen molar-refractivity contribution in [2.45, 2.75) is 13.5 Å². The van der Waals surface area contributed by atoms with Crippen molar-refractivity contribution in [2.75, 3.05) is 7.11 Å². The third-order valence-electron chi connectivity index (χ3n) is 5.39. The lowest BCUT2D eigenvalue weighted by Crippen LogP contribution is -2.08. The Morgan fingerprint density at radius 2 is 1.75 bits per heavy atom. The van der Waals surface area contributed by atoms with Crippen LogP contribution < -0.4 is 9.47 Å². The molecule has 11 nitrogen and oxygen atoms in total. The molecule has 0 atom stereocenters. The van der Waals surface area contributed by atoms with Crippen LogP contribution >= 0.6 is 0 Å². The Kier molecular flexibility index (Phi) is 6.72. The van der Waals surface area contributed by atoms with E-state index in [-0.39, 0.29) is 29.6 Å². The van der Waals surface area contributed by atoms with Gasteiger partial charge in [-0.25, -0.2) is 9.79 Å². The highest BCUT2D eigenvalue weighted by Crippen LogP contribution is 2.31. The average molecular weight is 489 g/mol. The number of hydrogen-bond donors (Lipinski definition) is 0. The second kappa shape index (κ2) is 10.1. The number of nitrogens with zero attached hydrogens (tertiary/aromatic N) is 3. The van der Waals surface area contributed by atoms with Gasteiger partial charge >= 0.3 is 5.97 Å². The van der Waals surface area contributed by atoms with Gasteiger partial charge in [-0.05, 0) is 54.5 Å². The van der Waals surface area contributed by atoms with Gasteiger partial charge in [-0.2, -0.15) is 0 Å². The number of rotatable bonds is 8. The summed E-state index contributed by atoms with van der Waals surface area (Å²) in [7, 11) is 1.47. The molecule has 0 bridgehead atoms. The predicted octanol–water partition coefficient (Wildman–Crippen LogP) is 4.74. The number of nitro benzene ring substituents is 2. The number of carbonyl (C=O) groups is 1. The van der Waals surface area contributed by atoms with Gasteiger partial charge in [0.05, 0.1) is 17.0 Å². The standard InChI is InChI=1S/C25H19N3O8/c1-15-19(4-3-5-21(15)28(32)33)24-26-20(25(29)36-24)12-17-8-11-22(23(13-17)34-2)35-14-16-6-9-18(10-7-16)27(30)31/h3-13H,14H2,1-2H3/b20-12-. The van der Waals surface area contributed by atoms with Crippen LogP contribution in [0.3, 0.4) is 0 Å². The van der Waals surface area contributed by atoms with Gasteiger partial charge in [0.1, 0.15) is 6.61 Å². The fraction of sp³-hybridized carbons (Fsp3) is 0.120. The van der Waals surface area contributed by atoms with Crippen molar-refractivity contribution >= 4 is 29.3 Å².